The fourth-order valence-corrected chi connectivity index (χ4v) is 5.43. The Morgan fingerprint density at radius 1 is 0.800 bits per heavy atom. The molecule has 0 radical (unpaired) electrons. The molecule has 9 heteroatoms. The molecule has 1 aliphatic heterocycles. The molecule has 178 valence electrons. The second-order valence-corrected chi connectivity index (χ2v) is 9.77. The highest BCUT2D eigenvalue weighted by Crippen LogP contribution is 2.39. The van der Waals surface area contributed by atoms with Crippen LogP contribution in [0.25, 0.3) is 22.5 Å². The van der Waals surface area contributed by atoms with Crippen molar-refractivity contribution in [3.05, 3.63) is 96.6 Å². The van der Waals surface area contributed by atoms with E-state index in [1.807, 2.05) is 48.5 Å². The monoisotopic (exact) mass is 496 g/mol. The first kappa shape index (κ1) is 22.9. The summed E-state index contributed by atoms with van der Waals surface area (Å²) in [5.41, 5.74) is 2.18. The molecule has 0 spiro atoms. The summed E-state index contributed by atoms with van der Waals surface area (Å²) in [7, 11) is -4.28. The van der Waals surface area contributed by atoms with E-state index in [-0.39, 0.29) is 18.8 Å². The quantitative estimate of drug-likeness (QED) is 0.347. The highest BCUT2D eigenvalue weighted by Gasteiger charge is 2.34. The molecule has 5 nitrogen and oxygen atoms in total. The molecule has 0 saturated carbocycles. The number of hydrogen-bond donors (Lipinski definition) is 0. The van der Waals surface area contributed by atoms with Crippen LogP contribution < -0.4 is 9.04 Å². The molecule has 1 aliphatic rings. The Hall–Kier alpha value is -3.85. The van der Waals surface area contributed by atoms with E-state index in [1.54, 1.807) is 18.2 Å². The van der Waals surface area contributed by atoms with Crippen molar-refractivity contribution in [2.75, 3.05) is 17.5 Å². The number of anilines is 1. The van der Waals surface area contributed by atoms with Gasteiger partial charge in [-0.25, -0.2) is 13.4 Å². The third-order valence-corrected chi connectivity index (χ3v) is 7.45. The van der Waals surface area contributed by atoms with Crippen molar-refractivity contribution in [2.24, 2.45) is 0 Å². The van der Waals surface area contributed by atoms with E-state index >= 15 is 0 Å². The first-order valence-electron chi connectivity index (χ1n) is 10.7. The lowest BCUT2D eigenvalue weighted by molar-refractivity contribution is -0.137. The van der Waals surface area contributed by atoms with Gasteiger partial charge in [-0.1, -0.05) is 42.5 Å². The minimum absolute atomic E-state index is 0.0352. The smallest absolute Gasteiger partial charge is 0.416 e. The highest BCUT2D eigenvalue weighted by molar-refractivity contribution is 7.92. The second kappa shape index (κ2) is 8.74. The van der Waals surface area contributed by atoms with Gasteiger partial charge in [-0.05, 0) is 48.5 Å². The zero-order valence-corrected chi connectivity index (χ0v) is 19.1. The minimum atomic E-state index is -4.66. The molecule has 0 saturated heterocycles. The van der Waals surface area contributed by atoms with Gasteiger partial charge in [0.05, 0.1) is 34.1 Å². The predicted octanol–water partition coefficient (Wildman–Crippen LogP) is 6.02. The molecule has 0 aliphatic carbocycles. The molecule has 0 bridgehead atoms. The van der Waals surface area contributed by atoms with Crippen molar-refractivity contribution in [3.63, 3.8) is 0 Å². The van der Waals surface area contributed by atoms with Gasteiger partial charge in [0.25, 0.3) is 10.0 Å². The summed E-state index contributed by atoms with van der Waals surface area (Å²) in [4.78, 5) is 4.28. The lowest BCUT2D eigenvalue weighted by Crippen LogP contribution is -2.38. The number of nitrogens with zero attached hydrogens (tertiary/aromatic N) is 2. The summed E-state index contributed by atoms with van der Waals surface area (Å²) < 4.78 is 73.1. The number of rotatable bonds is 4. The topological polar surface area (TPSA) is 59.5 Å². The average Bonchev–Trinajstić information content (AvgIpc) is 2.88. The number of aromatic nitrogens is 1. The van der Waals surface area contributed by atoms with Gasteiger partial charge in [0, 0.05) is 11.1 Å². The molecule has 35 heavy (non-hydrogen) atoms. The summed E-state index contributed by atoms with van der Waals surface area (Å²) in [5, 5.41) is 0. The average molecular weight is 497 g/mol. The molecule has 5 rings (SSSR count). The molecule has 0 amide bonds. The molecule has 0 unspecified atom stereocenters. The van der Waals surface area contributed by atoms with Crippen LogP contribution in [0, 0.1) is 0 Å². The zero-order valence-electron chi connectivity index (χ0n) is 18.2. The molecule has 0 fully saturated rings. The van der Waals surface area contributed by atoms with Gasteiger partial charge >= 0.3 is 6.18 Å². The first-order valence-corrected chi connectivity index (χ1v) is 12.2. The van der Waals surface area contributed by atoms with Crippen molar-refractivity contribution in [1.82, 2.24) is 4.98 Å². The van der Waals surface area contributed by atoms with Crippen LogP contribution in [0.1, 0.15) is 5.56 Å². The summed E-state index contributed by atoms with van der Waals surface area (Å²) in [5.74, 6) is 0.328. The summed E-state index contributed by atoms with van der Waals surface area (Å²) in [6.07, 6.45) is -4.66. The Labute approximate surface area is 200 Å². The van der Waals surface area contributed by atoms with E-state index in [0.29, 0.717) is 23.1 Å². The number of hydrogen-bond acceptors (Lipinski definition) is 4. The number of sulfonamides is 1. The molecule has 1 aromatic heterocycles. The molecule has 4 aromatic rings. The first-order chi connectivity index (χ1) is 16.7. The lowest BCUT2D eigenvalue weighted by Gasteiger charge is -2.31. The SMILES string of the molecule is O=S(=O)(c1cccc(C(F)(F)F)c1)N1CCOc2ccc(-c3cccc(-c4ccccc4)n3)cc21. The Kier molecular flexibility index (Phi) is 5.72. The third kappa shape index (κ3) is 4.46. The predicted molar refractivity (Wildman–Crippen MR) is 127 cm³/mol. The number of pyridine rings is 1. The fourth-order valence-electron chi connectivity index (χ4n) is 3.93. The lowest BCUT2D eigenvalue weighted by atomic mass is 10.1. The van der Waals surface area contributed by atoms with Crippen LogP contribution in [0.15, 0.2) is 95.9 Å². The van der Waals surface area contributed by atoms with Gasteiger partial charge in [-0.3, -0.25) is 4.31 Å². The fraction of sp³-hybridized carbons (Fsp3) is 0.115. The Balaban J connectivity index is 1.56. The van der Waals surface area contributed by atoms with Gasteiger partial charge in [0.2, 0.25) is 0 Å². The van der Waals surface area contributed by atoms with Crippen LogP contribution in [-0.2, 0) is 16.2 Å². The Morgan fingerprint density at radius 2 is 1.51 bits per heavy atom. The standard InChI is InChI=1S/C26H19F3N2O3S/c27-26(28,29)20-8-4-9-21(17-20)35(32,33)31-14-15-34-25-13-12-19(16-24(25)31)23-11-5-10-22(30-23)18-6-2-1-3-7-18/h1-13,16-17H,14-15H2. The number of fused-ring (bicyclic) bond motifs is 1. The van der Waals surface area contributed by atoms with Crippen LogP contribution in [0.4, 0.5) is 18.9 Å². The summed E-state index contributed by atoms with van der Waals surface area (Å²) in [6.45, 7) is 0.0405. The number of halogens is 3. The minimum Gasteiger partial charge on any atom is -0.489 e. The van der Waals surface area contributed by atoms with Crippen molar-refractivity contribution in [3.8, 4) is 28.3 Å². The third-order valence-electron chi connectivity index (χ3n) is 5.64. The van der Waals surface area contributed by atoms with Crippen LogP contribution in [0.5, 0.6) is 5.75 Å². The molecule has 0 N–H and O–H groups in total. The van der Waals surface area contributed by atoms with Crippen LogP contribution in [-0.4, -0.2) is 26.6 Å². The van der Waals surface area contributed by atoms with Crippen LogP contribution >= 0.6 is 0 Å². The van der Waals surface area contributed by atoms with E-state index in [0.717, 1.165) is 33.8 Å². The van der Waals surface area contributed by atoms with Crippen molar-refractivity contribution in [1.29, 1.82) is 0 Å². The van der Waals surface area contributed by atoms with Gasteiger partial charge < -0.3 is 4.74 Å². The van der Waals surface area contributed by atoms with Crippen molar-refractivity contribution in [2.45, 2.75) is 11.1 Å². The number of alkyl halides is 3. The molecular formula is C26H19F3N2O3S. The van der Waals surface area contributed by atoms with Crippen molar-refractivity contribution < 1.29 is 26.3 Å². The summed E-state index contributed by atoms with van der Waals surface area (Å²) in [6, 6.07) is 24.0. The van der Waals surface area contributed by atoms with Crippen molar-refractivity contribution >= 4 is 15.7 Å². The van der Waals surface area contributed by atoms with E-state index < -0.39 is 26.7 Å². The van der Waals surface area contributed by atoms with E-state index in [4.69, 9.17) is 9.72 Å². The number of benzene rings is 3. The Bertz CT molecular complexity index is 1490. The van der Waals surface area contributed by atoms with Gasteiger partial charge in [-0.2, -0.15) is 13.2 Å². The van der Waals surface area contributed by atoms with Gasteiger partial charge in [-0.15, -0.1) is 0 Å². The maximum Gasteiger partial charge on any atom is 0.416 e. The number of ether oxygens (including phenoxy) is 1. The van der Waals surface area contributed by atoms with Crippen LogP contribution in [0.2, 0.25) is 0 Å². The van der Waals surface area contributed by atoms with Crippen LogP contribution in [0.3, 0.4) is 0 Å². The molecular weight excluding hydrogens is 477 g/mol. The van der Waals surface area contributed by atoms with Gasteiger partial charge in [0.15, 0.2) is 0 Å². The van der Waals surface area contributed by atoms with E-state index in [1.165, 1.54) is 0 Å². The Morgan fingerprint density at radius 3 is 2.26 bits per heavy atom. The summed E-state index contributed by atoms with van der Waals surface area (Å²) >= 11 is 0. The largest absolute Gasteiger partial charge is 0.489 e. The molecule has 3 aromatic carbocycles. The van der Waals surface area contributed by atoms with Gasteiger partial charge in [0.1, 0.15) is 12.4 Å². The highest BCUT2D eigenvalue weighted by atomic mass is 32.2. The second-order valence-electron chi connectivity index (χ2n) is 7.91. The maximum atomic E-state index is 13.4. The maximum absolute atomic E-state index is 13.4. The zero-order chi connectivity index (χ0) is 24.6. The van der Waals surface area contributed by atoms with E-state index in [9.17, 15) is 21.6 Å². The molecule has 2 heterocycles. The molecule has 0 atom stereocenters. The normalized spacial score (nSPS) is 13.7. The van der Waals surface area contributed by atoms with E-state index in [2.05, 4.69) is 0 Å².